The molecule has 0 aliphatic heterocycles. The lowest BCUT2D eigenvalue weighted by molar-refractivity contribution is 0.0499. The van der Waals surface area contributed by atoms with E-state index in [2.05, 4.69) is 5.32 Å². The minimum atomic E-state index is -1.17. The van der Waals surface area contributed by atoms with Gasteiger partial charge in [0.25, 0.3) is 5.91 Å². The number of rotatable bonds is 6. The van der Waals surface area contributed by atoms with E-state index in [9.17, 15) is 18.4 Å². The largest absolute Gasteiger partial charge is 0.462 e. The van der Waals surface area contributed by atoms with Crippen LogP contribution in [0.5, 0.6) is 0 Å². The Morgan fingerprint density at radius 3 is 2.40 bits per heavy atom. The summed E-state index contributed by atoms with van der Waals surface area (Å²) < 4.78 is 31.4. The number of ether oxygens (including phenoxy) is 1. The van der Waals surface area contributed by atoms with Crippen molar-refractivity contribution in [3.05, 3.63) is 64.2 Å². The Hall–Kier alpha value is -2.47. The smallest absolute Gasteiger partial charge is 0.338 e. The fraction of sp³-hybridized carbons (Fsp3) is 0.222. The SMILES string of the molecule is CCCCOC(=O)c1ccc(NC(=O)c2cc(F)c(F)cc2Cl)cc1. The van der Waals surface area contributed by atoms with Crippen molar-refractivity contribution in [3.63, 3.8) is 0 Å². The molecular weight excluding hydrogens is 352 g/mol. The first-order valence-electron chi connectivity index (χ1n) is 7.65. The van der Waals surface area contributed by atoms with E-state index in [-0.39, 0.29) is 10.6 Å². The van der Waals surface area contributed by atoms with E-state index in [0.29, 0.717) is 17.9 Å². The number of hydrogen-bond acceptors (Lipinski definition) is 3. The molecule has 0 saturated carbocycles. The molecule has 0 atom stereocenters. The minimum Gasteiger partial charge on any atom is -0.462 e. The second-order valence-corrected chi connectivity index (χ2v) is 5.67. The Labute approximate surface area is 148 Å². The average molecular weight is 368 g/mol. The summed E-state index contributed by atoms with van der Waals surface area (Å²) in [6.45, 7) is 2.34. The van der Waals surface area contributed by atoms with Crippen LogP contribution in [0.3, 0.4) is 0 Å². The topological polar surface area (TPSA) is 55.4 Å². The number of halogens is 3. The second-order valence-electron chi connectivity index (χ2n) is 5.27. The van der Waals surface area contributed by atoms with Gasteiger partial charge in [0.15, 0.2) is 11.6 Å². The predicted molar refractivity (Wildman–Crippen MR) is 91.0 cm³/mol. The highest BCUT2D eigenvalue weighted by Gasteiger charge is 2.15. The Morgan fingerprint density at radius 1 is 1.12 bits per heavy atom. The number of esters is 1. The Kier molecular flexibility index (Phi) is 6.47. The van der Waals surface area contributed by atoms with Crippen molar-refractivity contribution in [2.24, 2.45) is 0 Å². The molecule has 0 aliphatic carbocycles. The number of hydrogen-bond donors (Lipinski definition) is 1. The van der Waals surface area contributed by atoms with Crippen LogP contribution in [0, 0.1) is 11.6 Å². The standard InChI is InChI=1S/C18H16ClF2NO3/c1-2-3-8-25-18(24)11-4-6-12(7-5-11)22-17(23)13-9-15(20)16(21)10-14(13)19/h4-7,9-10H,2-3,8H2,1H3,(H,22,23). The highest BCUT2D eigenvalue weighted by atomic mass is 35.5. The van der Waals surface area contributed by atoms with Gasteiger partial charge in [0.1, 0.15) is 0 Å². The van der Waals surface area contributed by atoms with Crippen molar-refractivity contribution in [1.29, 1.82) is 0 Å². The van der Waals surface area contributed by atoms with Gasteiger partial charge in [-0.1, -0.05) is 24.9 Å². The zero-order chi connectivity index (χ0) is 18.4. The van der Waals surface area contributed by atoms with E-state index in [4.69, 9.17) is 16.3 Å². The van der Waals surface area contributed by atoms with Crippen LogP contribution in [0.25, 0.3) is 0 Å². The Balaban J connectivity index is 2.05. The normalized spacial score (nSPS) is 10.4. The maximum atomic E-state index is 13.3. The van der Waals surface area contributed by atoms with Crippen LogP contribution in [0.15, 0.2) is 36.4 Å². The summed E-state index contributed by atoms with van der Waals surface area (Å²) in [5.41, 5.74) is 0.527. The molecule has 0 fully saturated rings. The van der Waals surface area contributed by atoms with E-state index in [1.807, 2.05) is 6.92 Å². The second kappa shape index (κ2) is 8.58. The van der Waals surface area contributed by atoms with Gasteiger partial charge in [-0.3, -0.25) is 4.79 Å². The Morgan fingerprint density at radius 2 is 1.76 bits per heavy atom. The quantitative estimate of drug-likeness (QED) is 0.452. The summed E-state index contributed by atoms with van der Waals surface area (Å²) in [5.74, 6) is -3.44. The van der Waals surface area contributed by atoms with Gasteiger partial charge in [-0.05, 0) is 42.8 Å². The fourth-order valence-corrected chi connectivity index (χ4v) is 2.21. The van der Waals surface area contributed by atoms with Crippen LogP contribution in [0.4, 0.5) is 14.5 Å². The van der Waals surface area contributed by atoms with Gasteiger partial charge in [0.2, 0.25) is 0 Å². The summed E-state index contributed by atoms with van der Waals surface area (Å²) in [7, 11) is 0. The van der Waals surface area contributed by atoms with Gasteiger partial charge < -0.3 is 10.1 Å². The van der Waals surface area contributed by atoms with Crippen molar-refractivity contribution in [3.8, 4) is 0 Å². The molecule has 1 amide bonds. The summed E-state index contributed by atoms with van der Waals surface area (Å²) in [5, 5.41) is 2.30. The van der Waals surface area contributed by atoms with Gasteiger partial charge in [0.05, 0.1) is 22.8 Å². The molecule has 0 unspecified atom stereocenters. The van der Waals surface area contributed by atoms with Crippen LogP contribution in [-0.4, -0.2) is 18.5 Å². The molecule has 0 saturated heterocycles. The minimum absolute atomic E-state index is 0.191. The van der Waals surface area contributed by atoms with E-state index in [1.165, 1.54) is 24.3 Å². The molecule has 1 N–H and O–H groups in total. The number of nitrogens with one attached hydrogen (secondary N) is 1. The van der Waals surface area contributed by atoms with E-state index >= 15 is 0 Å². The van der Waals surface area contributed by atoms with Crippen LogP contribution in [0.1, 0.15) is 40.5 Å². The highest BCUT2D eigenvalue weighted by molar-refractivity contribution is 6.34. The number of anilines is 1. The average Bonchev–Trinajstić information content (AvgIpc) is 2.58. The van der Waals surface area contributed by atoms with Crippen molar-refractivity contribution in [1.82, 2.24) is 0 Å². The van der Waals surface area contributed by atoms with Crippen molar-refractivity contribution in [2.75, 3.05) is 11.9 Å². The van der Waals surface area contributed by atoms with Gasteiger partial charge in [-0.15, -0.1) is 0 Å². The first-order valence-corrected chi connectivity index (χ1v) is 8.03. The zero-order valence-corrected chi connectivity index (χ0v) is 14.2. The number of carbonyl (C=O) groups excluding carboxylic acids is 2. The molecule has 2 aromatic carbocycles. The molecule has 0 aliphatic rings. The highest BCUT2D eigenvalue weighted by Crippen LogP contribution is 2.21. The summed E-state index contributed by atoms with van der Waals surface area (Å²) in [6, 6.07) is 7.46. The van der Waals surface area contributed by atoms with Gasteiger partial charge in [0, 0.05) is 5.69 Å². The molecule has 4 nitrogen and oxygen atoms in total. The van der Waals surface area contributed by atoms with Gasteiger partial charge in [-0.25, -0.2) is 13.6 Å². The maximum absolute atomic E-state index is 13.3. The molecule has 0 radical (unpaired) electrons. The molecular formula is C18H16ClF2NO3. The van der Waals surface area contributed by atoms with Gasteiger partial charge >= 0.3 is 5.97 Å². The zero-order valence-electron chi connectivity index (χ0n) is 13.4. The molecule has 2 aromatic rings. The molecule has 0 spiro atoms. The number of benzene rings is 2. The molecule has 132 valence electrons. The predicted octanol–water partition coefficient (Wildman–Crippen LogP) is 4.83. The molecule has 7 heteroatoms. The fourth-order valence-electron chi connectivity index (χ4n) is 1.98. The Bertz CT molecular complexity index is 779. The van der Waals surface area contributed by atoms with Crippen LogP contribution < -0.4 is 5.32 Å². The molecule has 0 bridgehead atoms. The van der Waals surface area contributed by atoms with Crippen molar-refractivity contribution < 1.29 is 23.1 Å². The van der Waals surface area contributed by atoms with E-state index < -0.39 is 23.5 Å². The first kappa shape index (κ1) is 18.9. The van der Waals surface area contributed by atoms with Crippen molar-refractivity contribution >= 4 is 29.2 Å². The lowest BCUT2D eigenvalue weighted by Gasteiger charge is -2.08. The van der Waals surface area contributed by atoms with E-state index in [0.717, 1.165) is 25.0 Å². The lowest BCUT2D eigenvalue weighted by Crippen LogP contribution is -2.13. The van der Waals surface area contributed by atoms with Crippen LogP contribution in [0.2, 0.25) is 5.02 Å². The third-order valence-corrected chi connectivity index (χ3v) is 3.68. The number of amides is 1. The molecule has 25 heavy (non-hydrogen) atoms. The van der Waals surface area contributed by atoms with Crippen LogP contribution in [-0.2, 0) is 4.74 Å². The van der Waals surface area contributed by atoms with E-state index in [1.54, 1.807) is 0 Å². The molecule has 0 heterocycles. The first-order chi connectivity index (χ1) is 11.9. The monoisotopic (exact) mass is 367 g/mol. The summed E-state index contributed by atoms with van der Waals surface area (Å²) in [6.07, 6.45) is 1.71. The third kappa shape index (κ3) is 5.00. The lowest BCUT2D eigenvalue weighted by atomic mass is 10.1. The van der Waals surface area contributed by atoms with Crippen LogP contribution >= 0.6 is 11.6 Å². The van der Waals surface area contributed by atoms with Crippen molar-refractivity contribution in [2.45, 2.75) is 19.8 Å². The maximum Gasteiger partial charge on any atom is 0.338 e. The van der Waals surface area contributed by atoms with Gasteiger partial charge in [-0.2, -0.15) is 0 Å². The number of carbonyl (C=O) groups is 2. The molecule has 2 rings (SSSR count). The summed E-state index contributed by atoms with van der Waals surface area (Å²) in [4.78, 5) is 23.9. The molecule has 0 aromatic heterocycles. The third-order valence-electron chi connectivity index (χ3n) is 3.36. The number of unbranched alkanes of at least 4 members (excludes halogenated alkanes) is 1. The summed E-state index contributed by atoms with van der Waals surface area (Å²) >= 11 is 5.76.